The van der Waals surface area contributed by atoms with Crippen LogP contribution in [0.2, 0.25) is 0 Å². The van der Waals surface area contributed by atoms with Gasteiger partial charge in [-0.15, -0.1) is 0 Å². The Bertz CT molecular complexity index is 448. The van der Waals surface area contributed by atoms with Crippen LogP contribution < -0.4 is 10.1 Å². The van der Waals surface area contributed by atoms with Crippen molar-refractivity contribution in [3.8, 4) is 5.75 Å². The highest BCUT2D eigenvalue weighted by atomic mass is 16.5. The fourth-order valence-electron chi connectivity index (χ4n) is 2.42. The van der Waals surface area contributed by atoms with E-state index in [1.807, 2.05) is 36.2 Å². The van der Waals surface area contributed by atoms with Gasteiger partial charge in [0.15, 0.2) is 0 Å². The van der Waals surface area contributed by atoms with Crippen molar-refractivity contribution >= 4 is 5.91 Å². The summed E-state index contributed by atoms with van der Waals surface area (Å²) < 4.78 is 10.9. The number of carbonyl (C=O) groups excluding carboxylic acids is 1. The zero-order chi connectivity index (χ0) is 14.4. The molecule has 1 heterocycles. The molecule has 2 rings (SSSR count). The molecule has 0 spiro atoms. The van der Waals surface area contributed by atoms with E-state index in [1.54, 1.807) is 7.11 Å². The molecule has 1 unspecified atom stereocenters. The van der Waals surface area contributed by atoms with Gasteiger partial charge in [0.1, 0.15) is 5.75 Å². The largest absolute Gasteiger partial charge is 0.496 e. The Morgan fingerprint density at radius 3 is 3.05 bits per heavy atom. The highest BCUT2D eigenvalue weighted by molar-refractivity contribution is 5.79. The number of amides is 1. The molecule has 1 atom stereocenters. The van der Waals surface area contributed by atoms with E-state index in [4.69, 9.17) is 9.47 Å². The first kappa shape index (κ1) is 14.8. The zero-order valence-electron chi connectivity index (χ0n) is 12.1. The van der Waals surface area contributed by atoms with Gasteiger partial charge in [0.05, 0.1) is 26.2 Å². The summed E-state index contributed by atoms with van der Waals surface area (Å²) in [5.74, 6) is 0.889. The number of carbonyl (C=O) groups is 1. The van der Waals surface area contributed by atoms with E-state index in [-0.39, 0.29) is 12.0 Å². The minimum absolute atomic E-state index is 0.0790. The second kappa shape index (κ2) is 7.26. The summed E-state index contributed by atoms with van der Waals surface area (Å²) in [6, 6.07) is 7.65. The fraction of sp³-hybridized carbons (Fsp3) is 0.533. The lowest BCUT2D eigenvalue weighted by molar-refractivity contribution is -0.137. The lowest BCUT2D eigenvalue weighted by Gasteiger charge is -2.33. The van der Waals surface area contributed by atoms with E-state index >= 15 is 0 Å². The number of benzene rings is 1. The summed E-state index contributed by atoms with van der Waals surface area (Å²) in [5.41, 5.74) is 0.927. The van der Waals surface area contributed by atoms with Crippen LogP contribution in [-0.2, 0) is 16.0 Å². The molecule has 0 aliphatic carbocycles. The van der Waals surface area contributed by atoms with Crippen molar-refractivity contribution in [1.29, 1.82) is 0 Å². The van der Waals surface area contributed by atoms with E-state index < -0.39 is 0 Å². The van der Waals surface area contributed by atoms with Crippen molar-refractivity contribution < 1.29 is 14.3 Å². The maximum Gasteiger partial charge on any atom is 0.227 e. The average molecular weight is 278 g/mol. The predicted molar refractivity (Wildman–Crippen MR) is 76.9 cm³/mol. The first-order valence-corrected chi connectivity index (χ1v) is 6.90. The molecule has 1 aromatic carbocycles. The summed E-state index contributed by atoms with van der Waals surface area (Å²) in [6.45, 7) is 2.67. The summed E-state index contributed by atoms with van der Waals surface area (Å²) >= 11 is 0. The Labute approximate surface area is 119 Å². The van der Waals surface area contributed by atoms with Crippen LogP contribution in [0.1, 0.15) is 5.56 Å². The van der Waals surface area contributed by atoms with Gasteiger partial charge in [-0.1, -0.05) is 18.2 Å². The fourth-order valence-corrected chi connectivity index (χ4v) is 2.42. The van der Waals surface area contributed by atoms with Crippen molar-refractivity contribution in [3.63, 3.8) is 0 Å². The topological polar surface area (TPSA) is 50.8 Å². The van der Waals surface area contributed by atoms with Gasteiger partial charge < -0.3 is 19.7 Å². The van der Waals surface area contributed by atoms with Gasteiger partial charge in [-0.25, -0.2) is 0 Å². The van der Waals surface area contributed by atoms with Crippen molar-refractivity contribution in [3.05, 3.63) is 29.8 Å². The van der Waals surface area contributed by atoms with E-state index in [1.165, 1.54) is 0 Å². The normalized spacial score (nSPS) is 18.9. The highest BCUT2D eigenvalue weighted by Gasteiger charge is 2.24. The molecular weight excluding hydrogens is 256 g/mol. The molecule has 110 valence electrons. The number of hydrogen-bond donors (Lipinski definition) is 1. The summed E-state index contributed by atoms with van der Waals surface area (Å²) in [6.07, 6.45) is 0.450. The van der Waals surface area contributed by atoms with Crippen LogP contribution in [0.4, 0.5) is 0 Å². The van der Waals surface area contributed by atoms with Crippen LogP contribution in [0.15, 0.2) is 24.3 Å². The third kappa shape index (κ3) is 3.71. The maximum atomic E-state index is 12.4. The predicted octanol–water partition coefficient (Wildman–Crippen LogP) is 0.684. The van der Waals surface area contributed by atoms with E-state index in [0.717, 1.165) is 17.9 Å². The Kier molecular flexibility index (Phi) is 5.38. The van der Waals surface area contributed by atoms with Crippen molar-refractivity contribution in [2.24, 2.45) is 0 Å². The summed E-state index contributed by atoms with van der Waals surface area (Å²) in [5, 5.41) is 3.08. The molecule has 1 amide bonds. The van der Waals surface area contributed by atoms with Gasteiger partial charge in [0, 0.05) is 25.2 Å². The van der Waals surface area contributed by atoms with Crippen molar-refractivity contribution in [1.82, 2.24) is 10.2 Å². The molecule has 1 aliphatic rings. The molecule has 0 saturated carbocycles. The van der Waals surface area contributed by atoms with Crippen molar-refractivity contribution in [2.75, 3.05) is 40.4 Å². The van der Waals surface area contributed by atoms with Gasteiger partial charge in [-0.05, 0) is 13.1 Å². The smallest absolute Gasteiger partial charge is 0.227 e. The van der Waals surface area contributed by atoms with Crippen LogP contribution in [0.25, 0.3) is 0 Å². The number of nitrogens with one attached hydrogen (secondary N) is 1. The Balaban J connectivity index is 1.97. The van der Waals surface area contributed by atoms with Gasteiger partial charge in [0.25, 0.3) is 0 Å². The molecular formula is C15H22N2O3. The van der Waals surface area contributed by atoms with Crippen LogP contribution in [0.5, 0.6) is 5.75 Å². The van der Waals surface area contributed by atoms with Gasteiger partial charge in [0.2, 0.25) is 5.91 Å². The minimum Gasteiger partial charge on any atom is -0.496 e. The maximum absolute atomic E-state index is 12.4. The second-order valence-corrected chi connectivity index (χ2v) is 4.88. The molecule has 0 aromatic heterocycles. The monoisotopic (exact) mass is 278 g/mol. The van der Waals surface area contributed by atoms with Crippen LogP contribution in [-0.4, -0.2) is 57.3 Å². The standard InChI is InChI=1S/C15H22N2O3/c1-16-10-13-11-17(7-8-20-13)15(18)9-12-5-3-4-6-14(12)19-2/h3-6,13,16H,7-11H2,1-2H3. The molecule has 5 nitrogen and oxygen atoms in total. The Morgan fingerprint density at radius 1 is 1.50 bits per heavy atom. The molecule has 5 heteroatoms. The number of para-hydroxylation sites is 1. The van der Waals surface area contributed by atoms with Gasteiger partial charge in [-0.3, -0.25) is 4.79 Å². The number of nitrogens with zero attached hydrogens (tertiary/aromatic N) is 1. The lowest BCUT2D eigenvalue weighted by atomic mass is 10.1. The Hall–Kier alpha value is -1.59. The van der Waals surface area contributed by atoms with Crippen LogP contribution >= 0.6 is 0 Å². The Morgan fingerprint density at radius 2 is 2.30 bits per heavy atom. The zero-order valence-corrected chi connectivity index (χ0v) is 12.1. The van der Waals surface area contributed by atoms with E-state index in [9.17, 15) is 4.79 Å². The SMILES string of the molecule is CNCC1CN(C(=O)Cc2ccccc2OC)CCO1. The molecule has 20 heavy (non-hydrogen) atoms. The number of ether oxygens (including phenoxy) is 2. The highest BCUT2D eigenvalue weighted by Crippen LogP contribution is 2.19. The van der Waals surface area contributed by atoms with E-state index in [2.05, 4.69) is 5.32 Å². The molecule has 1 fully saturated rings. The lowest BCUT2D eigenvalue weighted by Crippen LogP contribution is -2.49. The third-order valence-electron chi connectivity index (χ3n) is 3.46. The third-order valence-corrected chi connectivity index (χ3v) is 3.46. The molecule has 1 aromatic rings. The van der Waals surface area contributed by atoms with Gasteiger partial charge >= 0.3 is 0 Å². The molecule has 1 saturated heterocycles. The number of morpholine rings is 1. The van der Waals surface area contributed by atoms with Gasteiger partial charge in [-0.2, -0.15) is 0 Å². The number of hydrogen-bond acceptors (Lipinski definition) is 4. The summed E-state index contributed by atoms with van der Waals surface area (Å²) in [4.78, 5) is 14.3. The summed E-state index contributed by atoms with van der Waals surface area (Å²) in [7, 11) is 3.51. The van der Waals surface area contributed by atoms with E-state index in [0.29, 0.717) is 26.1 Å². The minimum atomic E-state index is 0.0790. The average Bonchev–Trinajstić information content (AvgIpc) is 2.48. The number of rotatable bonds is 5. The molecule has 1 aliphatic heterocycles. The number of likely N-dealkylation sites (N-methyl/N-ethyl adjacent to an activating group) is 1. The molecule has 1 N–H and O–H groups in total. The molecule has 0 bridgehead atoms. The first-order chi connectivity index (χ1) is 9.74. The quantitative estimate of drug-likeness (QED) is 0.861. The first-order valence-electron chi connectivity index (χ1n) is 6.90. The van der Waals surface area contributed by atoms with Crippen LogP contribution in [0.3, 0.4) is 0 Å². The van der Waals surface area contributed by atoms with Crippen molar-refractivity contribution in [2.45, 2.75) is 12.5 Å². The van der Waals surface area contributed by atoms with Crippen LogP contribution in [0, 0.1) is 0 Å². The molecule has 0 radical (unpaired) electrons. The second-order valence-electron chi connectivity index (χ2n) is 4.88. The number of methoxy groups -OCH3 is 1.